The summed E-state index contributed by atoms with van der Waals surface area (Å²) in [5.74, 6) is 1.29. The summed E-state index contributed by atoms with van der Waals surface area (Å²) in [4.78, 5) is 4.39. The Morgan fingerprint density at radius 3 is 2.89 bits per heavy atom. The fourth-order valence-corrected chi connectivity index (χ4v) is 2.18. The first-order chi connectivity index (χ1) is 9.11. The van der Waals surface area contributed by atoms with Crippen molar-refractivity contribution in [1.29, 1.82) is 0 Å². The number of hydrogen-bond donors (Lipinski definition) is 0. The van der Waals surface area contributed by atoms with Gasteiger partial charge < -0.3 is 9.30 Å². The van der Waals surface area contributed by atoms with E-state index in [4.69, 9.17) is 16.3 Å². The van der Waals surface area contributed by atoms with Gasteiger partial charge in [0.1, 0.15) is 11.6 Å². The van der Waals surface area contributed by atoms with Crippen molar-refractivity contribution >= 4 is 22.6 Å². The lowest BCUT2D eigenvalue weighted by Gasteiger charge is -2.10. The standard InChI is InChI=1S/C14H18ClFN2O/c1-10(2)9-19-6-5-18-13-7-11(16)3-4-12(13)17-14(18)8-15/h3-4,7,10H,5-6,8-9H2,1-2H3. The van der Waals surface area contributed by atoms with Crippen molar-refractivity contribution in [1.82, 2.24) is 9.55 Å². The summed E-state index contributed by atoms with van der Waals surface area (Å²) in [6.07, 6.45) is 0. The maximum atomic E-state index is 13.3. The largest absolute Gasteiger partial charge is 0.379 e. The molecular weight excluding hydrogens is 267 g/mol. The van der Waals surface area contributed by atoms with Crippen LogP contribution in [0.5, 0.6) is 0 Å². The summed E-state index contributed by atoms with van der Waals surface area (Å²) in [6, 6.07) is 4.57. The number of benzene rings is 1. The van der Waals surface area contributed by atoms with Gasteiger partial charge in [-0.1, -0.05) is 13.8 Å². The highest BCUT2D eigenvalue weighted by molar-refractivity contribution is 6.16. The van der Waals surface area contributed by atoms with Crippen LogP contribution in [0.1, 0.15) is 19.7 Å². The molecule has 0 fully saturated rings. The van der Waals surface area contributed by atoms with E-state index in [2.05, 4.69) is 18.8 Å². The van der Waals surface area contributed by atoms with Crippen molar-refractivity contribution in [3.05, 3.63) is 29.8 Å². The topological polar surface area (TPSA) is 27.1 Å². The Kier molecular flexibility index (Phi) is 4.77. The van der Waals surface area contributed by atoms with Crippen molar-refractivity contribution in [2.24, 2.45) is 5.92 Å². The number of halogens is 2. The molecule has 1 aromatic carbocycles. The van der Waals surface area contributed by atoms with Crippen LogP contribution in [-0.2, 0) is 17.2 Å². The maximum Gasteiger partial charge on any atom is 0.125 e. The number of imidazole rings is 1. The van der Waals surface area contributed by atoms with Gasteiger partial charge in [0.05, 0.1) is 23.5 Å². The van der Waals surface area contributed by atoms with Gasteiger partial charge in [-0.05, 0) is 24.1 Å². The summed E-state index contributed by atoms with van der Waals surface area (Å²) < 4.78 is 20.8. The summed E-state index contributed by atoms with van der Waals surface area (Å²) in [5.41, 5.74) is 1.53. The Balaban J connectivity index is 2.17. The molecule has 0 atom stereocenters. The van der Waals surface area contributed by atoms with E-state index in [1.54, 1.807) is 6.07 Å². The third kappa shape index (κ3) is 3.45. The van der Waals surface area contributed by atoms with Crippen LogP contribution in [0.25, 0.3) is 11.0 Å². The smallest absolute Gasteiger partial charge is 0.125 e. The van der Waals surface area contributed by atoms with Crippen LogP contribution < -0.4 is 0 Å². The number of fused-ring (bicyclic) bond motifs is 1. The number of alkyl halides is 1. The van der Waals surface area contributed by atoms with Gasteiger partial charge in [0, 0.05) is 13.2 Å². The van der Waals surface area contributed by atoms with Crippen LogP contribution in [0.15, 0.2) is 18.2 Å². The highest BCUT2D eigenvalue weighted by atomic mass is 35.5. The normalized spacial score (nSPS) is 11.6. The van der Waals surface area contributed by atoms with E-state index < -0.39 is 0 Å². The summed E-state index contributed by atoms with van der Waals surface area (Å²) in [7, 11) is 0. The van der Waals surface area contributed by atoms with Crippen molar-refractivity contribution in [3.63, 3.8) is 0 Å². The molecule has 104 valence electrons. The van der Waals surface area contributed by atoms with Crippen molar-refractivity contribution in [3.8, 4) is 0 Å². The van der Waals surface area contributed by atoms with Gasteiger partial charge in [-0.2, -0.15) is 0 Å². The molecule has 1 aromatic heterocycles. The third-order valence-electron chi connectivity index (χ3n) is 2.82. The number of aromatic nitrogens is 2. The summed E-state index contributed by atoms with van der Waals surface area (Å²) in [6.45, 7) is 6.13. The van der Waals surface area contributed by atoms with Gasteiger partial charge in [-0.25, -0.2) is 9.37 Å². The molecule has 0 aliphatic rings. The minimum atomic E-state index is -0.266. The summed E-state index contributed by atoms with van der Waals surface area (Å²) >= 11 is 5.89. The molecule has 1 heterocycles. The third-order valence-corrected chi connectivity index (χ3v) is 3.06. The van der Waals surface area contributed by atoms with E-state index in [0.717, 1.165) is 23.5 Å². The molecule has 0 saturated heterocycles. The monoisotopic (exact) mass is 284 g/mol. The molecule has 0 unspecified atom stereocenters. The fraction of sp³-hybridized carbons (Fsp3) is 0.500. The molecule has 5 heteroatoms. The SMILES string of the molecule is CC(C)COCCn1c(CCl)nc2ccc(F)cc21. The van der Waals surface area contributed by atoms with Crippen molar-refractivity contribution < 1.29 is 9.13 Å². The Hall–Kier alpha value is -1.13. The zero-order valence-corrected chi connectivity index (χ0v) is 12.0. The molecule has 19 heavy (non-hydrogen) atoms. The Labute approximate surface area is 117 Å². The molecule has 3 nitrogen and oxygen atoms in total. The van der Waals surface area contributed by atoms with Crippen LogP contribution in [0.4, 0.5) is 4.39 Å². The maximum absolute atomic E-state index is 13.3. The average molecular weight is 285 g/mol. The van der Waals surface area contributed by atoms with Crippen molar-refractivity contribution in [2.75, 3.05) is 13.2 Å². The fourth-order valence-electron chi connectivity index (χ4n) is 1.97. The Bertz CT molecular complexity index is 554. The molecule has 2 aromatic rings. The second-order valence-corrected chi connectivity index (χ2v) is 5.18. The molecule has 0 aliphatic heterocycles. The molecule has 0 spiro atoms. The van der Waals surface area contributed by atoms with Crippen LogP contribution in [0.2, 0.25) is 0 Å². The van der Waals surface area contributed by atoms with Crippen LogP contribution in [0, 0.1) is 11.7 Å². The Morgan fingerprint density at radius 1 is 1.42 bits per heavy atom. The second kappa shape index (κ2) is 6.35. The zero-order valence-electron chi connectivity index (χ0n) is 11.2. The minimum Gasteiger partial charge on any atom is -0.379 e. The van der Waals surface area contributed by atoms with E-state index in [0.29, 0.717) is 24.9 Å². The second-order valence-electron chi connectivity index (χ2n) is 4.92. The zero-order chi connectivity index (χ0) is 13.8. The van der Waals surface area contributed by atoms with Crippen LogP contribution in [-0.4, -0.2) is 22.8 Å². The minimum absolute atomic E-state index is 0.266. The first-order valence-corrected chi connectivity index (χ1v) is 6.93. The highest BCUT2D eigenvalue weighted by Crippen LogP contribution is 2.18. The Morgan fingerprint density at radius 2 is 2.21 bits per heavy atom. The van der Waals surface area contributed by atoms with Gasteiger partial charge in [-0.15, -0.1) is 11.6 Å². The van der Waals surface area contributed by atoms with Gasteiger partial charge >= 0.3 is 0 Å². The first kappa shape index (κ1) is 14.3. The number of hydrogen-bond acceptors (Lipinski definition) is 2. The lowest BCUT2D eigenvalue weighted by atomic mass is 10.2. The molecule has 0 bridgehead atoms. The molecule has 0 amide bonds. The molecule has 0 saturated carbocycles. The van der Waals surface area contributed by atoms with E-state index >= 15 is 0 Å². The lowest BCUT2D eigenvalue weighted by Crippen LogP contribution is -2.11. The van der Waals surface area contributed by atoms with E-state index in [9.17, 15) is 4.39 Å². The number of nitrogens with zero attached hydrogens (tertiary/aromatic N) is 2. The number of ether oxygens (including phenoxy) is 1. The molecule has 2 rings (SSSR count). The van der Waals surface area contributed by atoms with Gasteiger partial charge in [0.15, 0.2) is 0 Å². The lowest BCUT2D eigenvalue weighted by molar-refractivity contribution is 0.103. The summed E-state index contributed by atoms with van der Waals surface area (Å²) in [5, 5.41) is 0. The first-order valence-electron chi connectivity index (χ1n) is 6.40. The predicted molar refractivity (Wildman–Crippen MR) is 74.9 cm³/mol. The van der Waals surface area contributed by atoms with E-state index in [1.807, 2.05) is 4.57 Å². The van der Waals surface area contributed by atoms with Crippen LogP contribution in [0.3, 0.4) is 0 Å². The number of rotatable bonds is 6. The molecular formula is C14H18ClFN2O. The van der Waals surface area contributed by atoms with E-state index in [1.165, 1.54) is 12.1 Å². The van der Waals surface area contributed by atoms with Crippen molar-refractivity contribution in [2.45, 2.75) is 26.3 Å². The molecule has 0 N–H and O–H groups in total. The molecule has 0 aliphatic carbocycles. The van der Waals surface area contributed by atoms with Gasteiger partial charge in [0.2, 0.25) is 0 Å². The predicted octanol–water partition coefficient (Wildman–Crippen LogP) is 3.59. The van der Waals surface area contributed by atoms with E-state index in [-0.39, 0.29) is 5.82 Å². The average Bonchev–Trinajstić information content (AvgIpc) is 2.72. The van der Waals surface area contributed by atoms with Gasteiger partial charge in [-0.3, -0.25) is 0 Å². The molecule has 0 radical (unpaired) electrons. The highest BCUT2D eigenvalue weighted by Gasteiger charge is 2.10. The quantitative estimate of drug-likeness (QED) is 0.599. The van der Waals surface area contributed by atoms with Gasteiger partial charge in [0.25, 0.3) is 0 Å². The van der Waals surface area contributed by atoms with Crippen LogP contribution >= 0.6 is 11.6 Å².